The Balaban J connectivity index is 1.91. The molecule has 1 fully saturated rings. The fourth-order valence-electron chi connectivity index (χ4n) is 2.90. The lowest BCUT2D eigenvalue weighted by Crippen LogP contribution is -2.53. The molecule has 5 nitrogen and oxygen atoms in total. The zero-order chi connectivity index (χ0) is 17.4. The van der Waals surface area contributed by atoms with Crippen molar-refractivity contribution in [2.24, 2.45) is 0 Å². The standard InChI is InChI=1S/C19H27N3O2/c1-6-22-17(11-16(21-22)18(2,3)4)20-19(12-24-13-19)14-7-9-15(23-5)10-8-14/h7-11,20H,6,12-13H2,1-5H3. The van der Waals surface area contributed by atoms with Crippen LogP contribution in [0.5, 0.6) is 5.75 Å². The summed E-state index contributed by atoms with van der Waals surface area (Å²) in [5.41, 5.74) is 2.13. The molecule has 1 aliphatic rings. The molecular weight excluding hydrogens is 302 g/mol. The van der Waals surface area contributed by atoms with Gasteiger partial charge in [-0.1, -0.05) is 32.9 Å². The van der Waals surface area contributed by atoms with Gasteiger partial charge in [0, 0.05) is 18.0 Å². The summed E-state index contributed by atoms with van der Waals surface area (Å²) in [6.45, 7) is 10.8. The van der Waals surface area contributed by atoms with Crippen molar-refractivity contribution in [2.75, 3.05) is 25.6 Å². The van der Waals surface area contributed by atoms with E-state index in [2.05, 4.69) is 51.2 Å². The Morgan fingerprint density at radius 1 is 1.25 bits per heavy atom. The molecule has 0 aliphatic carbocycles. The number of nitrogens with zero attached hydrogens (tertiary/aromatic N) is 2. The van der Waals surface area contributed by atoms with Gasteiger partial charge in [0.25, 0.3) is 0 Å². The van der Waals surface area contributed by atoms with Crippen LogP contribution in [-0.4, -0.2) is 30.1 Å². The molecule has 3 rings (SSSR count). The van der Waals surface area contributed by atoms with E-state index in [1.807, 2.05) is 16.8 Å². The van der Waals surface area contributed by atoms with Gasteiger partial charge in [-0.3, -0.25) is 0 Å². The first kappa shape index (κ1) is 16.8. The molecule has 2 aromatic rings. The number of hydrogen-bond donors (Lipinski definition) is 1. The van der Waals surface area contributed by atoms with Gasteiger partial charge in [-0.25, -0.2) is 4.68 Å². The van der Waals surface area contributed by atoms with E-state index < -0.39 is 0 Å². The van der Waals surface area contributed by atoms with Crippen LogP contribution in [0.3, 0.4) is 0 Å². The largest absolute Gasteiger partial charge is 0.497 e. The Hall–Kier alpha value is -2.01. The maximum absolute atomic E-state index is 5.55. The van der Waals surface area contributed by atoms with Crippen LogP contribution in [0.4, 0.5) is 5.82 Å². The lowest BCUT2D eigenvalue weighted by molar-refractivity contribution is -0.0450. The monoisotopic (exact) mass is 329 g/mol. The molecule has 130 valence electrons. The summed E-state index contributed by atoms with van der Waals surface area (Å²) in [5, 5.41) is 8.45. The number of rotatable bonds is 5. The molecule has 1 N–H and O–H groups in total. The number of hydrogen-bond acceptors (Lipinski definition) is 4. The molecule has 1 saturated heterocycles. The van der Waals surface area contributed by atoms with Crippen LogP contribution in [0.1, 0.15) is 39.0 Å². The van der Waals surface area contributed by atoms with Crippen molar-refractivity contribution < 1.29 is 9.47 Å². The van der Waals surface area contributed by atoms with Gasteiger partial charge >= 0.3 is 0 Å². The number of aromatic nitrogens is 2. The molecule has 1 aromatic carbocycles. The minimum Gasteiger partial charge on any atom is -0.497 e. The molecule has 0 radical (unpaired) electrons. The number of ether oxygens (including phenoxy) is 2. The SMILES string of the molecule is CCn1nc(C(C)(C)C)cc1NC1(c2ccc(OC)cc2)COC1. The molecule has 0 unspecified atom stereocenters. The van der Waals surface area contributed by atoms with E-state index in [-0.39, 0.29) is 11.0 Å². The summed E-state index contributed by atoms with van der Waals surface area (Å²) in [6, 6.07) is 10.4. The number of benzene rings is 1. The lowest BCUT2D eigenvalue weighted by Gasteiger charge is -2.43. The van der Waals surface area contributed by atoms with Gasteiger partial charge in [-0.05, 0) is 24.6 Å². The molecule has 2 heterocycles. The Labute approximate surface area is 144 Å². The highest BCUT2D eigenvalue weighted by molar-refractivity contribution is 5.47. The molecular formula is C19H27N3O2. The minimum absolute atomic E-state index is 0.0280. The molecule has 0 bridgehead atoms. The van der Waals surface area contributed by atoms with Gasteiger partial charge < -0.3 is 14.8 Å². The molecule has 5 heteroatoms. The normalized spacial score (nSPS) is 16.5. The van der Waals surface area contributed by atoms with Crippen molar-refractivity contribution in [3.8, 4) is 5.75 Å². The van der Waals surface area contributed by atoms with E-state index in [0.717, 1.165) is 23.8 Å². The van der Waals surface area contributed by atoms with Crippen LogP contribution in [0.15, 0.2) is 30.3 Å². The maximum Gasteiger partial charge on any atom is 0.125 e. The summed E-state index contributed by atoms with van der Waals surface area (Å²) in [6.07, 6.45) is 0. The van der Waals surface area contributed by atoms with Gasteiger partial charge in [-0.15, -0.1) is 0 Å². The van der Waals surface area contributed by atoms with Crippen LogP contribution >= 0.6 is 0 Å². The Morgan fingerprint density at radius 2 is 1.92 bits per heavy atom. The average molecular weight is 329 g/mol. The average Bonchev–Trinajstić information content (AvgIpc) is 2.94. The van der Waals surface area contributed by atoms with Crippen LogP contribution in [0.25, 0.3) is 0 Å². The summed E-state index contributed by atoms with van der Waals surface area (Å²) >= 11 is 0. The fourth-order valence-corrected chi connectivity index (χ4v) is 2.90. The molecule has 0 atom stereocenters. The van der Waals surface area contributed by atoms with Gasteiger partial charge in [0.15, 0.2) is 0 Å². The summed E-state index contributed by atoms with van der Waals surface area (Å²) < 4.78 is 12.8. The van der Waals surface area contributed by atoms with E-state index in [1.165, 1.54) is 5.56 Å². The number of methoxy groups -OCH3 is 1. The highest BCUT2D eigenvalue weighted by Crippen LogP contribution is 2.35. The van der Waals surface area contributed by atoms with Gasteiger partial charge in [0.2, 0.25) is 0 Å². The minimum atomic E-state index is -0.200. The second-order valence-corrected chi connectivity index (χ2v) is 7.41. The first-order valence-electron chi connectivity index (χ1n) is 8.47. The molecule has 24 heavy (non-hydrogen) atoms. The first-order valence-corrected chi connectivity index (χ1v) is 8.47. The van der Waals surface area contributed by atoms with Crippen molar-refractivity contribution in [3.63, 3.8) is 0 Å². The first-order chi connectivity index (χ1) is 11.4. The van der Waals surface area contributed by atoms with E-state index in [1.54, 1.807) is 7.11 Å². The van der Waals surface area contributed by atoms with Gasteiger partial charge in [0.1, 0.15) is 17.1 Å². The Kier molecular flexibility index (Phi) is 4.30. The smallest absolute Gasteiger partial charge is 0.125 e. The van der Waals surface area contributed by atoms with Crippen LogP contribution < -0.4 is 10.1 Å². The fraction of sp³-hybridized carbons (Fsp3) is 0.526. The number of aryl methyl sites for hydroxylation is 1. The maximum atomic E-state index is 5.55. The summed E-state index contributed by atoms with van der Waals surface area (Å²) in [7, 11) is 1.68. The Bertz CT molecular complexity index is 694. The predicted octanol–water partition coefficient (Wildman–Crippen LogP) is 3.55. The molecule has 1 aromatic heterocycles. The van der Waals surface area contributed by atoms with E-state index >= 15 is 0 Å². The second kappa shape index (κ2) is 6.13. The molecule has 0 spiro atoms. The van der Waals surface area contributed by atoms with Crippen LogP contribution in [0, 0.1) is 0 Å². The van der Waals surface area contributed by atoms with Crippen molar-refractivity contribution in [1.29, 1.82) is 0 Å². The highest BCUT2D eigenvalue weighted by atomic mass is 16.5. The zero-order valence-corrected chi connectivity index (χ0v) is 15.2. The van der Waals surface area contributed by atoms with E-state index in [4.69, 9.17) is 14.6 Å². The van der Waals surface area contributed by atoms with Crippen LogP contribution in [0.2, 0.25) is 0 Å². The van der Waals surface area contributed by atoms with Crippen molar-refractivity contribution in [3.05, 3.63) is 41.6 Å². The van der Waals surface area contributed by atoms with E-state index in [0.29, 0.717) is 13.2 Å². The van der Waals surface area contributed by atoms with Crippen LogP contribution in [-0.2, 0) is 22.2 Å². The third kappa shape index (κ3) is 3.00. The molecule has 0 amide bonds. The molecule has 1 aliphatic heterocycles. The number of anilines is 1. The quantitative estimate of drug-likeness (QED) is 0.911. The second-order valence-electron chi connectivity index (χ2n) is 7.41. The van der Waals surface area contributed by atoms with Crippen molar-refractivity contribution in [1.82, 2.24) is 9.78 Å². The zero-order valence-electron chi connectivity index (χ0n) is 15.2. The topological polar surface area (TPSA) is 48.3 Å². The van der Waals surface area contributed by atoms with E-state index in [9.17, 15) is 0 Å². The summed E-state index contributed by atoms with van der Waals surface area (Å²) in [5.74, 6) is 1.91. The van der Waals surface area contributed by atoms with Crippen molar-refractivity contribution >= 4 is 5.82 Å². The summed E-state index contributed by atoms with van der Waals surface area (Å²) in [4.78, 5) is 0. The Morgan fingerprint density at radius 3 is 2.38 bits per heavy atom. The predicted molar refractivity (Wildman–Crippen MR) is 95.7 cm³/mol. The van der Waals surface area contributed by atoms with Gasteiger partial charge in [0.05, 0.1) is 26.0 Å². The van der Waals surface area contributed by atoms with Gasteiger partial charge in [-0.2, -0.15) is 5.10 Å². The third-order valence-electron chi connectivity index (χ3n) is 4.55. The molecule has 0 saturated carbocycles. The van der Waals surface area contributed by atoms with Crippen molar-refractivity contribution in [2.45, 2.75) is 45.2 Å². The third-order valence-corrected chi connectivity index (χ3v) is 4.55. The highest BCUT2D eigenvalue weighted by Gasteiger charge is 2.41. The lowest BCUT2D eigenvalue weighted by atomic mass is 9.87. The number of nitrogens with one attached hydrogen (secondary N) is 1.